The van der Waals surface area contributed by atoms with E-state index < -0.39 is 12.9 Å². The van der Waals surface area contributed by atoms with E-state index in [9.17, 15) is 14.4 Å². The molecule has 0 bridgehead atoms. The fraction of sp³-hybridized carbons (Fsp3) is 0.200. The van der Waals surface area contributed by atoms with Crippen LogP contribution >= 0.6 is 0 Å². The molecule has 0 aliphatic carbocycles. The number of para-hydroxylation sites is 1. The minimum absolute atomic E-state index is 0.122. The van der Waals surface area contributed by atoms with Crippen LogP contribution in [0.5, 0.6) is 5.75 Å². The second-order valence-electron chi connectivity index (χ2n) is 4.73. The summed E-state index contributed by atoms with van der Waals surface area (Å²) < 4.78 is 18.9. The van der Waals surface area contributed by atoms with Crippen LogP contribution in [0, 0.1) is 19.7 Å². The van der Waals surface area contributed by atoms with Gasteiger partial charge in [-0.25, -0.2) is 4.39 Å². The second-order valence-corrected chi connectivity index (χ2v) is 4.73. The summed E-state index contributed by atoms with van der Waals surface area (Å²) in [6.45, 7) is 4.03. The molecule has 0 spiro atoms. The Bertz CT molecular complexity index is 594. The topological polar surface area (TPSA) is 49.7 Å². The third-order valence-corrected chi connectivity index (χ3v) is 3.17. The minimum atomic E-state index is -1.72. The van der Waals surface area contributed by atoms with Crippen molar-refractivity contribution in [2.24, 2.45) is 0 Å². The zero-order valence-electron chi connectivity index (χ0n) is 11.4. The van der Waals surface area contributed by atoms with E-state index in [1.54, 1.807) is 0 Å². The number of aryl methyl sites for hydroxylation is 2. The molecule has 0 aliphatic rings. The van der Waals surface area contributed by atoms with Gasteiger partial charge in [-0.3, -0.25) is 0 Å². The smallest absolute Gasteiger partial charge is 0.488 e. The van der Waals surface area contributed by atoms with Crippen LogP contribution in [0.2, 0.25) is 0 Å². The van der Waals surface area contributed by atoms with E-state index in [4.69, 9.17) is 4.74 Å². The van der Waals surface area contributed by atoms with Gasteiger partial charge in [-0.15, -0.1) is 0 Å². The van der Waals surface area contributed by atoms with Crippen molar-refractivity contribution >= 4 is 12.6 Å². The maximum absolute atomic E-state index is 13.1. The summed E-state index contributed by atoms with van der Waals surface area (Å²) in [5, 5.41) is 18.5. The van der Waals surface area contributed by atoms with Crippen molar-refractivity contribution in [3.8, 4) is 5.75 Å². The average molecular weight is 274 g/mol. The van der Waals surface area contributed by atoms with E-state index in [-0.39, 0.29) is 12.1 Å². The molecular formula is C15H16BFO3. The van der Waals surface area contributed by atoms with E-state index in [1.807, 2.05) is 32.0 Å². The van der Waals surface area contributed by atoms with Gasteiger partial charge in [0.2, 0.25) is 0 Å². The van der Waals surface area contributed by atoms with Gasteiger partial charge < -0.3 is 14.8 Å². The van der Waals surface area contributed by atoms with Gasteiger partial charge in [-0.1, -0.05) is 24.3 Å². The minimum Gasteiger partial charge on any atom is -0.488 e. The van der Waals surface area contributed by atoms with E-state index in [0.29, 0.717) is 5.56 Å². The highest BCUT2D eigenvalue weighted by Crippen LogP contribution is 2.23. The van der Waals surface area contributed by atoms with Crippen LogP contribution in [0.4, 0.5) is 4.39 Å². The Kier molecular flexibility index (Phi) is 4.42. The maximum atomic E-state index is 13.1. The maximum Gasteiger partial charge on any atom is 0.488 e. The fourth-order valence-corrected chi connectivity index (χ4v) is 2.11. The molecule has 2 N–H and O–H groups in total. The highest BCUT2D eigenvalue weighted by molar-refractivity contribution is 6.59. The number of benzene rings is 2. The van der Waals surface area contributed by atoms with Crippen LogP contribution in [-0.2, 0) is 6.61 Å². The summed E-state index contributed by atoms with van der Waals surface area (Å²) in [7, 11) is -1.72. The number of hydrogen-bond acceptors (Lipinski definition) is 3. The van der Waals surface area contributed by atoms with Gasteiger partial charge in [0.15, 0.2) is 0 Å². The first-order valence-electron chi connectivity index (χ1n) is 6.32. The average Bonchev–Trinajstić information content (AvgIpc) is 2.39. The lowest BCUT2D eigenvalue weighted by molar-refractivity contribution is 0.302. The molecule has 0 aliphatic heterocycles. The molecule has 2 aromatic carbocycles. The quantitative estimate of drug-likeness (QED) is 0.834. The molecule has 5 heteroatoms. The number of halogens is 1. The Hall–Kier alpha value is -1.85. The molecular weight excluding hydrogens is 258 g/mol. The van der Waals surface area contributed by atoms with Crippen LogP contribution in [-0.4, -0.2) is 17.2 Å². The van der Waals surface area contributed by atoms with E-state index in [2.05, 4.69) is 0 Å². The summed E-state index contributed by atoms with van der Waals surface area (Å²) in [5.74, 6) is 0.249. The number of ether oxygens (including phenoxy) is 1. The summed E-state index contributed by atoms with van der Waals surface area (Å²) in [4.78, 5) is 0. The molecule has 0 aromatic heterocycles. The summed E-state index contributed by atoms with van der Waals surface area (Å²) in [6, 6.07) is 9.70. The van der Waals surface area contributed by atoms with E-state index >= 15 is 0 Å². The molecule has 0 saturated carbocycles. The normalized spacial score (nSPS) is 10.4. The van der Waals surface area contributed by atoms with Crippen molar-refractivity contribution in [3.05, 3.63) is 58.9 Å². The second kappa shape index (κ2) is 6.07. The van der Waals surface area contributed by atoms with Crippen molar-refractivity contribution in [3.63, 3.8) is 0 Å². The molecule has 20 heavy (non-hydrogen) atoms. The molecule has 0 saturated heterocycles. The zero-order valence-corrected chi connectivity index (χ0v) is 11.4. The predicted octanol–water partition coefficient (Wildman–Crippen LogP) is 1.70. The Morgan fingerprint density at radius 3 is 2.35 bits per heavy atom. The Balaban J connectivity index is 2.23. The van der Waals surface area contributed by atoms with Crippen LogP contribution in [0.1, 0.15) is 16.7 Å². The SMILES string of the molecule is Cc1cccc(C)c1OCc1ccc(F)cc1B(O)O. The van der Waals surface area contributed by atoms with Crippen LogP contribution in [0.3, 0.4) is 0 Å². The van der Waals surface area contributed by atoms with Crippen molar-refractivity contribution in [1.29, 1.82) is 0 Å². The van der Waals surface area contributed by atoms with Crippen molar-refractivity contribution < 1.29 is 19.2 Å². The lowest BCUT2D eigenvalue weighted by Crippen LogP contribution is -2.34. The molecule has 3 nitrogen and oxygen atoms in total. The first-order valence-corrected chi connectivity index (χ1v) is 6.32. The third kappa shape index (κ3) is 3.18. The number of rotatable bonds is 4. The van der Waals surface area contributed by atoms with Crippen LogP contribution in [0.25, 0.3) is 0 Å². The zero-order chi connectivity index (χ0) is 14.7. The Morgan fingerprint density at radius 1 is 1.10 bits per heavy atom. The van der Waals surface area contributed by atoms with Gasteiger partial charge in [0.1, 0.15) is 18.2 Å². The van der Waals surface area contributed by atoms with Crippen LogP contribution < -0.4 is 10.2 Å². The van der Waals surface area contributed by atoms with Gasteiger partial charge in [-0.2, -0.15) is 0 Å². The molecule has 104 valence electrons. The van der Waals surface area contributed by atoms with Gasteiger partial charge in [-0.05, 0) is 48.1 Å². The largest absolute Gasteiger partial charge is 0.488 e. The molecule has 0 fully saturated rings. The van der Waals surface area contributed by atoms with Gasteiger partial charge in [0.05, 0.1) is 0 Å². The molecule has 0 radical (unpaired) electrons. The summed E-state index contributed by atoms with van der Waals surface area (Å²) in [5.41, 5.74) is 2.66. The van der Waals surface area contributed by atoms with E-state index in [1.165, 1.54) is 12.1 Å². The Labute approximate surface area is 117 Å². The molecule has 0 heterocycles. The van der Waals surface area contributed by atoms with E-state index in [0.717, 1.165) is 22.9 Å². The Morgan fingerprint density at radius 2 is 1.75 bits per heavy atom. The molecule has 2 aromatic rings. The third-order valence-electron chi connectivity index (χ3n) is 3.17. The molecule has 2 rings (SSSR count). The first-order chi connectivity index (χ1) is 9.49. The first kappa shape index (κ1) is 14.6. The van der Waals surface area contributed by atoms with Gasteiger partial charge in [0, 0.05) is 0 Å². The number of hydrogen-bond donors (Lipinski definition) is 2. The molecule has 0 atom stereocenters. The monoisotopic (exact) mass is 274 g/mol. The predicted molar refractivity (Wildman–Crippen MR) is 76.5 cm³/mol. The standard InChI is InChI=1S/C15H16BFO3/c1-10-4-3-5-11(2)15(10)20-9-12-6-7-13(17)8-14(12)16(18)19/h3-8,18-19H,9H2,1-2H3. The highest BCUT2D eigenvalue weighted by Gasteiger charge is 2.17. The molecule has 0 amide bonds. The summed E-state index contributed by atoms with van der Waals surface area (Å²) in [6.07, 6.45) is 0. The highest BCUT2D eigenvalue weighted by atomic mass is 19.1. The molecule has 0 unspecified atom stereocenters. The van der Waals surface area contributed by atoms with Crippen molar-refractivity contribution in [1.82, 2.24) is 0 Å². The van der Waals surface area contributed by atoms with Crippen molar-refractivity contribution in [2.75, 3.05) is 0 Å². The van der Waals surface area contributed by atoms with Crippen molar-refractivity contribution in [2.45, 2.75) is 20.5 Å². The van der Waals surface area contributed by atoms with Gasteiger partial charge >= 0.3 is 7.12 Å². The lowest BCUT2D eigenvalue weighted by Gasteiger charge is -2.14. The lowest BCUT2D eigenvalue weighted by atomic mass is 9.77. The summed E-state index contributed by atoms with van der Waals surface area (Å²) >= 11 is 0. The van der Waals surface area contributed by atoms with Gasteiger partial charge in [0.25, 0.3) is 0 Å². The fourth-order valence-electron chi connectivity index (χ4n) is 2.11. The van der Waals surface area contributed by atoms with Crippen LogP contribution in [0.15, 0.2) is 36.4 Å².